The maximum absolute atomic E-state index is 13.9. The molecule has 3 heterocycles. The number of aromatic nitrogens is 2. The third-order valence-electron chi connectivity index (χ3n) is 7.22. The second-order valence-electron chi connectivity index (χ2n) is 9.60. The van der Waals surface area contributed by atoms with Crippen molar-refractivity contribution in [3.05, 3.63) is 48.0 Å². The van der Waals surface area contributed by atoms with Crippen LogP contribution in [0.5, 0.6) is 5.88 Å². The summed E-state index contributed by atoms with van der Waals surface area (Å²) in [6, 6.07) is 10.5. The van der Waals surface area contributed by atoms with Crippen molar-refractivity contribution in [3.63, 3.8) is 0 Å². The lowest BCUT2D eigenvalue weighted by Gasteiger charge is -2.39. The Bertz CT molecular complexity index is 1320. The van der Waals surface area contributed by atoms with Gasteiger partial charge in [0.15, 0.2) is 5.13 Å². The topological polar surface area (TPSA) is 113 Å². The minimum absolute atomic E-state index is 0.0902. The van der Waals surface area contributed by atoms with Crippen LogP contribution in [0.3, 0.4) is 0 Å². The lowest BCUT2D eigenvalue weighted by atomic mass is 9.99. The van der Waals surface area contributed by atoms with Gasteiger partial charge < -0.3 is 14.7 Å². The molecule has 1 aliphatic carbocycles. The van der Waals surface area contributed by atoms with Crippen LogP contribution in [0.15, 0.2) is 48.0 Å². The van der Waals surface area contributed by atoms with Gasteiger partial charge in [-0.05, 0) is 30.9 Å². The van der Waals surface area contributed by atoms with Crippen LogP contribution in [0.2, 0.25) is 0 Å². The Morgan fingerprint density at radius 2 is 1.87 bits per heavy atom. The molecule has 198 valence electrons. The van der Waals surface area contributed by atoms with Gasteiger partial charge >= 0.3 is 5.97 Å². The molecule has 1 saturated carbocycles. The number of pyridine rings is 1. The first kappa shape index (κ1) is 25.8. The standard InChI is InChI=1S/C28H30N4O5S/c1-37-24-13-12-18(16-29-24)20-9-4-5-10-21(20)22-17-38-28(30-22)31-14-6-11-25(33)32(19-7-2-3-8-19)23(27(31)36)15-26(34)35/h4-5,9-10,12-13,16-17,19,23H,2-3,6-8,11,14-15H2,1H3,(H,34,35). The molecular weight excluding hydrogens is 504 g/mol. The third kappa shape index (κ3) is 5.26. The van der Waals surface area contributed by atoms with Gasteiger partial charge in [-0.2, -0.15) is 0 Å². The summed E-state index contributed by atoms with van der Waals surface area (Å²) in [5, 5.41) is 12.0. The summed E-state index contributed by atoms with van der Waals surface area (Å²) < 4.78 is 5.18. The van der Waals surface area contributed by atoms with Crippen molar-refractivity contribution in [2.75, 3.05) is 18.6 Å². The molecule has 2 aromatic heterocycles. The highest BCUT2D eigenvalue weighted by Crippen LogP contribution is 2.36. The van der Waals surface area contributed by atoms with E-state index in [1.165, 1.54) is 11.3 Å². The molecule has 2 fully saturated rings. The molecule has 2 amide bonds. The fraction of sp³-hybridized carbons (Fsp3) is 0.393. The van der Waals surface area contributed by atoms with E-state index in [4.69, 9.17) is 9.72 Å². The van der Waals surface area contributed by atoms with Crippen LogP contribution in [0.25, 0.3) is 22.4 Å². The number of amides is 2. The predicted molar refractivity (Wildman–Crippen MR) is 144 cm³/mol. The van der Waals surface area contributed by atoms with Crippen molar-refractivity contribution < 1.29 is 24.2 Å². The number of carbonyl (C=O) groups is 3. The van der Waals surface area contributed by atoms with Crippen LogP contribution in [-0.4, -0.2) is 63.5 Å². The first-order chi connectivity index (χ1) is 18.5. The lowest BCUT2D eigenvalue weighted by molar-refractivity contribution is -0.148. The number of thiazole rings is 1. The van der Waals surface area contributed by atoms with E-state index in [1.54, 1.807) is 29.2 Å². The second-order valence-corrected chi connectivity index (χ2v) is 10.4. The Morgan fingerprint density at radius 1 is 1.11 bits per heavy atom. The van der Waals surface area contributed by atoms with Crippen molar-refractivity contribution >= 4 is 34.3 Å². The second kappa shape index (κ2) is 11.3. The quantitative estimate of drug-likeness (QED) is 0.471. The molecule has 0 radical (unpaired) electrons. The number of hydrogen-bond donors (Lipinski definition) is 1. The molecule has 38 heavy (non-hydrogen) atoms. The van der Waals surface area contributed by atoms with Gasteiger partial charge in [0, 0.05) is 47.8 Å². The minimum Gasteiger partial charge on any atom is -0.481 e. The number of nitrogens with zero attached hydrogens (tertiary/aromatic N) is 4. The van der Waals surface area contributed by atoms with Gasteiger partial charge in [-0.15, -0.1) is 11.3 Å². The van der Waals surface area contributed by atoms with E-state index in [9.17, 15) is 19.5 Å². The van der Waals surface area contributed by atoms with Crippen LogP contribution < -0.4 is 9.64 Å². The lowest BCUT2D eigenvalue weighted by Crippen LogP contribution is -2.57. The molecule has 0 bridgehead atoms. The first-order valence-corrected chi connectivity index (χ1v) is 13.7. The van der Waals surface area contributed by atoms with E-state index in [1.807, 2.05) is 35.7 Å². The van der Waals surface area contributed by atoms with Gasteiger partial charge in [0.1, 0.15) is 6.04 Å². The zero-order valence-electron chi connectivity index (χ0n) is 21.2. The Hall–Kier alpha value is -3.79. The molecule has 1 N–H and O–H groups in total. The summed E-state index contributed by atoms with van der Waals surface area (Å²) in [5.74, 6) is -1.07. The number of carboxylic acid groups (broad SMARTS) is 1. The van der Waals surface area contributed by atoms with Crippen molar-refractivity contribution in [1.29, 1.82) is 0 Å². The van der Waals surface area contributed by atoms with Crippen LogP contribution in [0, 0.1) is 0 Å². The molecule has 9 nitrogen and oxygen atoms in total. The summed E-state index contributed by atoms with van der Waals surface area (Å²) in [5.41, 5.74) is 3.46. The molecule has 1 unspecified atom stereocenters. The number of benzene rings is 1. The number of carboxylic acids is 1. The highest BCUT2D eigenvalue weighted by molar-refractivity contribution is 7.14. The van der Waals surface area contributed by atoms with Crippen LogP contribution in [0.4, 0.5) is 5.13 Å². The fourth-order valence-electron chi connectivity index (χ4n) is 5.41. The van der Waals surface area contributed by atoms with Gasteiger partial charge in [-0.25, -0.2) is 9.97 Å². The summed E-state index contributed by atoms with van der Waals surface area (Å²) in [6.07, 6.45) is 5.66. The van der Waals surface area contributed by atoms with Gasteiger partial charge in [0.2, 0.25) is 11.8 Å². The number of anilines is 1. The molecular formula is C28H30N4O5S. The van der Waals surface area contributed by atoms with Crippen molar-refractivity contribution in [2.24, 2.45) is 0 Å². The SMILES string of the molecule is COc1ccc(-c2ccccc2-c2csc(N3CCCC(=O)N(C4CCCC4)C(CC(=O)O)C3=O)n2)cn1. The van der Waals surface area contributed by atoms with E-state index in [-0.39, 0.29) is 24.3 Å². The maximum atomic E-state index is 13.9. The summed E-state index contributed by atoms with van der Waals surface area (Å²) in [4.78, 5) is 51.0. The van der Waals surface area contributed by atoms with Gasteiger partial charge in [0.25, 0.3) is 5.91 Å². The highest BCUT2D eigenvalue weighted by Gasteiger charge is 2.41. The fourth-order valence-corrected chi connectivity index (χ4v) is 6.27. The van der Waals surface area contributed by atoms with Gasteiger partial charge in [0.05, 0.1) is 19.2 Å². The summed E-state index contributed by atoms with van der Waals surface area (Å²) in [7, 11) is 1.57. The Balaban J connectivity index is 1.47. The number of rotatable bonds is 7. The van der Waals surface area contributed by atoms with E-state index in [0.717, 1.165) is 42.4 Å². The van der Waals surface area contributed by atoms with Gasteiger partial charge in [-0.3, -0.25) is 19.3 Å². The number of aliphatic carboxylic acids is 1. The van der Waals surface area contributed by atoms with Gasteiger partial charge in [-0.1, -0.05) is 37.1 Å². The van der Waals surface area contributed by atoms with E-state index >= 15 is 0 Å². The smallest absolute Gasteiger partial charge is 0.305 e. The molecule has 5 rings (SSSR count). The number of hydrogen-bond acceptors (Lipinski definition) is 7. The molecule has 2 aliphatic rings. The van der Waals surface area contributed by atoms with Crippen molar-refractivity contribution in [1.82, 2.24) is 14.9 Å². The Kier molecular flexibility index (Phi) is 7.69. The molecule has 1 atom stereocenters. The monoisotopic (exact) mass is 534 g/mol. The van der Waals surface area contributed by atoms with E-state index in [0.29, 0.717) is 29.7 Å². The Morgan fingerprint density at radius 3 is 2.55 bits per heavy atom. The number of methoxy groups -OCH3 is 1. The predicted octanol–water partition coefficient (Wildman–Crippen LogP) is 4.62. The average molecular weight is 535 g/mol. The largest absolute Gasteiger partial charge is 0.481 e. The van der Waals surface area contributed by atoms with Crippen LogP contribution in [0.1, 0.15) is 44.9 Å². The average Bonchev–Trinajstić information content (AvgIpc) is 3.63. The van der Waals surface area contributed by atoms with Crippen LogP contribution in [-0.2, 0) is 14.4 Å². The normalized spacial score (nSPS) is 18.9. The minimum atomic E-state index is -1.10. The number of ether oxygens (including phenoxy) is 1. The molecule has 1 saturated heterocycles. The Labute approximate surface area is 225 Å². The molecule has 0 spiro atoms. The summed E-state index contributed by atoms with van der Waals surface area (Å²) in [6.45, 7) is 0.316. The third-order valence-corrected chi connectivity index (χ3v) is 8.08. The molecule has 1 aliphatic heterocycles. The molecule has 1 aromatic carbocycles. The molecule has 3 aromatic rings. The van der Waals surface area contributed by atoms with Crippen molar-refractivity contribution in [2.45, 2.75) is 57.0 Å². The number of carbonyl (C=O) groups excluding carboxylic acids is 2. The molecule has 10 heteroatoms. The van der Waals surface area contributed by atoms with Crippen LogP contribution >= 0.6 is 11.3 Å². The van der Waals surface area contributed by atoms with E-state index in [2.05, 4.69) is 4.98 Å². The highest BCUT2D eigenvalue weighted by atomic mass is 32.1. The first-order valence-electron chi connectivity index (χ1n) is 12.9. The summed E-state index contributed by atoms with van der Waals surface area (Å²) >= 11 is 1.34. The zero-order valence-corrected chi connectivity index (χ0v) is 22.0. The maximum Gasteiger partial charge on any atom is 0.305 e. The van der Waals surface area contributed by atoms with Crippen molar-refractivity contribution in [3.8, 4) is 28.3 Å². The van der Waals surface area contributed by atoms with E-state index < -0.39 is 18.4 Å². The zero-order chi connectivity index (χ0) is 26.6.